The van der Waals surface area contributed by atoms with Crippen molar-refractivity contribution in [2.24, 2.45) is 0 Å². The summed E-state index contributed by atoms with van der Waals surface area (Å²) in [7, 11) is -2.82. The molecule has 0 atom stereocenters. The van der Waals surface area contributed by atoms with Gasteiger partial charge in [-0.3, -0.25) is 0 Å². The number of hydrogen-bond acceptors (Lipinski definition) is 2. The highest BCUT2D eigenvalue weighted by Crippen LogP contribution is 2.27. The third kappa shape index (κ3) is 1.39. The zero-order chi connectivity index (χ0) is 10.9. The Morgan fingerprint density at radius 1 is 1.45 bits per heavy atom. The summed E-state index contributed by atoms with van der Waals surface area (Å²) in [5.41, 5.74) is 0. The van der Waals surface area contributed by atoms with Gasteiger partial charge in [-0.1, -0.05) is 0 Å². The van der Waals surface area contributed by atoms with Gasteiger partial charge >= 0.3 is 0 Å². The second-order valence-corrected chi connectivity index (χ2v) is 1.84. The second kappa shape index (κ2) is 2.74. The molecule has 0 aromatic heterocycles. The van der Waals surface area contributed by atoms with E-state index in [0.29, 0.717) is 12.1 Å². The normalized spacial score (nSPS) is 14.9. The van der Waals surface area contributed by atoms with Crippen LogP contribution in [0.4, 0.5) is 8.78 Å². The molecule has 0 aliphatic rings. The fraction of sp³-hybridized carbons (Fsp3) is 0.143. The highest BCUT2D eigenvalue weighted by molar-refractivity contribution is 5.39. The lowest BCUT2D eigenvalue weighted by Gasteiger charge is -2.02. The molecule has 0 amide bonds. The summed E-state index contributed by atoms with van der Waals surface area (Å²) in [6.07, 6.45) is 0. The van der Waals surface area contributed by atoms with E-state index in [4.69, 9.17) is 9.22 Å². The van der Waals surface area contributed by atoms with Crippen LogP contribution in [0.25, 0.3) is 0 Å². The number of ether oxygens (including phenoxy) is 1. The van der Waals surface area contributed by atoms with Gasteiger partial charge in [-0.05, 0) is 0 Å². The largest absolute Gasteiger partial charge is 0.504 e. The van der Waals surface area contributed by atoms with Crippen LogP contribution >= 0.6 is 0 Å². The van der Waals surface area contributed by atoms with Gasteiger partial charge in [0.25, 0.3) is 0 Å². The molecule has 11 heavy (non-hydrogen) atoms. The van der Waals surface area contributed by atoms with Gasteiger partial charge in [0.2, 0.25) is 0 Å². The van der Waals surface area contributed by atoms with Crippen molar-refractivity contribution in [2.45, 2.75) is 0 Å². The van der Waals surface area contributed by atoms with Crippen LogP contribution in [0.2, 0.25) is 0 Å². The molecule has 1 N–H and O–H groups in total. The Balaban J connectivity index is 3.04. The number of benzene rings is 1. The van der Waals surface area contributed by atoms with E-state index in [0.717, 1.165) is 0 Å². The van der Waals surface area contributed by atoms with E-state index in [1.165, 1.54) is 0 Å². The molecule has 0 bridgehead atoms. The van der Waals surface area contributed by atoms with Gasteiger partial charge in [-0.2, -0.15) is 0 Å². The lowest BCUT2D eigenvalue weighted by molar-refractivity contribution is 0.364. The Hall–Kier alpha value is -1.32. The minimum Gasteiger partial charge on any atom is -0.504 e. The second-order valence-electron chi connectivity index (χ2n) is 1.84. The summed E-state index contributed by atoms with van der Waals surface area (Å²) >= 11 is 0. The van der Waals surface area contributed by atoms with Crippen molar-refractivity contribution in [3.63, 3.8) is 0 Å². The molecular formula is C7H6F2O2. The van der Waals surface area contributed by atoms with E-state index in [2.05, 4.69) is 4.74 Å². The minimum absolute atomic E-state index is 0.441. The molecule has 0 fully saturated rings. The molecule has 60 valence electrons. The van der Waals surface area contributed by atoms with Crippen LogP contribution in [0.5, 0.6) is 11.5 Å². The van der Waals surface area contributed by atoms with Gasteiger partial charge in [0.05, 0.1) is 11.2 Å². The zero-order valence-electron chi connectivity index (χ0n) is 8.27. The SMILES string of the molecule is [2H]C([2H])([2H])Oc1cc(F)c(F)cc1O. The highest BCUT2D eigenvalue weighted by atomic mass is 19.2. The summed E-state index contributed by atoms with van der Waals surface area (Å²) in [6.45, 7) is 0. The van der Waals surface area contributed by atoms with E-state index in [9.17, 15) is 8.78 Å². The van der Waals surface area contributed by atoms with Gasteiger partial charge < -0.3 is 9.84 Å². The van der Waals surface area contributed by atoms with Crippen LogP contribution in [-0.2, 0) is 0 Å². The maximum Gasteiger partial charge on any atom is 0.163 e. The number of aromatic hydroxyl groups is 1. The Morgan fingerprint density at radius 3 is 2.73 bits per heavy atom. The number of hydrogen-bond donors (Lipinski definition) is 1. The molecule has 1 aromatic rings. The molecular weight excluding hydrogens is 154 g/mol. The lowest BCUT2D eigenvalue weighted by Crippen LogP contribution is -1.88. The van der Waals surface area contributed by atoms with Gasteiger partial charge in [-0.25, -0.2) is 8.78 Å². The molecule has 0 aliphatic carbocycles. The number of methoxy groups -OCH3 is 1. The molecule has 0 saturated carbocycles. The number of phenols is 1. The maximum atomic E-state index is 12.6. The third-order valence-corrected chi connectivity index (χ3v) is 1.11. The fourth-order valence-electron chi connectivity index (χ4n) is 0.600. The topological polar surface area (TPSA) is 29.5 Å². The highest BCUT2D eigenvalue weighted by Gasteiger charge is 2.08. The molecule has 0 radical (unpaired) electrons. The van der Waals surface area contributed by atoms with Crippen molar-refractivity contribution >= 4 is 0 Å². The summed E-state index contributed by atoms with van der Waals surface area (Å²) in [5, 5.41) is 9.00. The molecule has 1 aromatic carbocycles. The lowest BCUT2D eigenvalue weighted by atomic mass is 10.3. The predicted octanol–water partition coefficient (Wildman–Crippen LogP) is 1.68. The molecule has 1 rings (SSSR count). The molecule has 0 heterocycles. The predicted molar refractivity (Wildman–Crippen MR) is 34.6 cm³/mol. The molecule has 4 heteroatoms. The summed E-state index contributed by atoms with van der Waals surface area (Å²) in [4.78, 5) is 0. The van der Waals surface area contributed by atoms with Crippen LogP contribution in [0.15, 0.2) is 12.1 Å². The third-order valence-electron chi connectivity index (χ3n) is 1.11. The van der Waals surface area contributed by atoms with Crippen LogP contribution in [0.1, 0.15) is 4.11 Å². The van der Waals surface area contributed by atoms with E-state index in [1.807, 2.05) is 0 Å². The van der Waals surface area contributed by atoms with Crippen LogP contribution < -0.4 is 4.74 Å². The van der Waals surface area contributed by atoms with Crippen LogP contribution in [-0.4, -0.2) is 12.1 Å². The summed E-state index contributed by atoms with van der Waals surface area (Å²) in [6, 6.07) is 0.910. The maximum absolute atomic E-state index is 12.6. The molecule has 0 spiro atoms. The first-order valence-electron chi connectivity index (χ1n) is 4.16. The minimum atomic E-state index is -2.82. The average Bonchev–Trinajstić information content (AvgIpc) is 1.97. The number of halogens is 2. The Bertz CT molecular complexity index is 352. The first-order valence-corrected chi connectivity index (χ1v) is 2.66. The smallest absolute Gasteiger partial charge is 0.163 e. The molecule has 0 aliphatic heterocycles. The average molecular weight is 163 g/mol. The quantitative estimate of drug-likeness (QED) is 0.682. The summed E-state index contributed by atoms with van der Waals surface area (Å²) in [5.74, 6) is -3.95. The Labute approximate surface area is 66.3 Å². The van der Waals surface area contributed by atoms with Gasteiger partial charge in [-0.15, -0.1) is 0 Å². The van der Waals surface area contributed by atoms with Crippen molar-refractivity contribution < 1.29 is 22.7 Å². The molecule has 0 saturated heterocycles. The van der Waals surface area contributed by atoms with Gasteiger partial charge in [0.15, 0.2) is 23.1 Å². The van der Waals surface area contributed by atoms with Crippen LogP contribution in [0, 0.1) is 11.6 Å². The van der Waals surface area contributed by atoms with E-state index < -0.39 is 30.2 Å². The number of rotatable bonds is 1. The molecule has 0 unspecified atom stereocenters. The van der Waals surface area contributed by atoms with Crippen LogP contribution in [0.3, 0.4) is 0 Å². The first kappa shape index (κ1) is 4.54. The van der Waals surface area contributed by atoms with Crippen molar-refractivity contribution in [1.82, 2.24) is 0 Å². The van der Waals surface area contributed by atoms with Crippen molar-refractivity contribution in [1.29, 1.82) is 0 Å². The molecule has 2 nitrogen and oxygen atoms in total. The number of phenolic OH excluding ortho intramolecular Hbond substituents is 1. The Kier molecular flexibility index (Phi) is 1.13. The van der Waals surface area contributed by atoms with E-state index in [1.54, 1.807) is 0 Å². The summed E-state index contributed by atoms with van der Waals surface area (Å²) < 4.78 is 49.3. The standard InChI is InChI=1S/C7H6F2O2/c1-11-7-3-5(9)4(8)2-6(7)10/h2-3,10H,1H3/i1D3. The van der Waals surface area contributed by atoms with Gasteiger partial charge in [0, 0.05) is 12.1 Å². The Morgan fingerprint density at radius 2 is 2.09 bits per heavy atom. The zero-order valence-corrected chi connectivity index (χ0v) is 5.27. The first-order chi connectivity index (χ1) is 6.29. The van der Waals surface area contributed by atoms with Crippen molar-refractivity contribution in [3.8, 4) is 11.5 Å². The monoisotopic (exact) mass is 163 g/mol. The van der Waals surface area contributed by atoms with E-state index in [-0.39, 0.29) is 0 Å². The fourth-order valence-corrected chi connectivity index (χ4v) is 0.600. The van der Waals surface area contributed by atoms with Crippen molar-refractivity contribution in [2.75, 3.05) is 7.04 Å². The van der Waals surface area contributed by atoms with Crippen molar-refractivity contribution in [3.05, 3.63) is 23.8 Å². The van der Waals surface area contributed by atoms with E-state index >= 15 is 0 Å². The van der Waals surface area contributed by atoms with Gasteiger partial charge in [0.1, 0.15) is 0 Å².